The molecule has 0 aromatic carbocycles. The molecule has 11 heteroatoms. The molecule has 1 N–H and O–H groups in total. The first-order valence-corrected chi connectivity index (χ1v) is 13.9. The average Bonchev–Trinajstić information content (AvgIpc) is 2.86. The van der Waals surface area contributed by atoms with Gasteiger partial charge in [0.25, 0.3) is 0 Å². The first-order chi connectivity index (χ1) is 18.3. The van der Waals surface area contributed by atoms with E-state index >= 15 is 0 Å². The zero-order valence-electron chi connectivity index (χ0n) is 24.4. The summed E-state index contributed by atoms with van der Waals surface area (Å²) in [6.07, 6.45) is 3.38. The van der Waals surface area contributed by atoms with Crippen LogP contribution in [0.5, 0.6) is 0 Å². The summed E-state index contributed by atoms with van der Waals surface area (Å²) >= 11 is 0. The molecular weight excluding hydrogens is 498 g/mol. The van der Waals surface area contributed by atoms with Crippen LogP contribution in [-0.4, -0.2) is 110 Å². The third kappa shape index (κ3) is 26.1. The summed E-state index contributed by atoms with van der Waals surface area (Å²) in [5.41, 5.74) is -0.509. The van der Waals surface area contributed by atoms with Crippen LogP contribution in [0.3, 0.4) is 0 Å². The van der Waals surface area contributed by atoms with Gasteiger partial charge in [0.05, 0.1) is 85.2 Å². The molecule has 1 unspecified atom stereocenters. The van der Waals surface area contributed by atoms with Gasteiger partial charge in [-0.3, -0.25) is 4.79 Å². The fourth-order valence-electron chi connectivity index (χ4n) is 3.00. The van der Waals surface area contributed by atoms with Crippen LogP contribution >= 0.6 is 0 Å². The number of rotatable bonds is 26. The highest BCUT2D eigenvalue weighted by Gasteiger charge is 2.17. The van der Waals surface area contributed by atoms with Crippen molar-refractivity contribution in [3.05, 3.63) is 0 Å². The molecule has 0 heterocycles. The van der Waals surface area contributed by atoms with E-state index in [1.165, 1.54) is 0 Å². The quantitative estimate of drug-likeness (QED) is 0.127. The monoisotopic (exact) mass is 551 g/mol. The Bertz CT molecular complexity index is 556. The van der Waals surface area contributed by atoms with Crippen LogP contribution in [0.4, 0.5) is 4.79 Å². The number of esters is 1. The Kier molecular flexibility index (Phi) is 24.7. The van der Waals surface area contributed by atoms with Gasteiger partial charge in [0.15, 0.2) is 0 Å². The van der Waals surface area contributed by atoms with Gasteiger partial charge in [-0.05, 0) is 33.6 Å². The molecule has 1 atom stereocenters. The number of amides is 1. The summed E-state index contributed by atoms with van der Waals surface area (Å²) in [4.78, 5) is 23.4. The van der Waals surface area contributed by atoms with Crippen LogP contribution < -0.4 is 5.32 Å². The van der Waals surface area contributed by atoms with Gasteiger partial charge in [0.1, 0.15) is 12.2 Å². The van der Waals surface area contributed by atoms with E-state index in [1.807, 2.05) is 27.7 Å². The Labute approximate surface area is 229 Å². The number of carbonyl (C=O) groups excluding carboxylic acids is 2. The van der Waals surface area contributed by atoms with E-state index in [4.69, 9.17) is 37.9 Å². The van der Waals surface area contributed by atoms with Gasteiger partial charge in [-0.25, -0.2) is 4.79 Å². The van der Waals surface area contributed by atoms with E-state index in [-0.39, 0.29) is 18.5 Å². The maximum absolute atomic E-state index is 12.0. The molecule has 11 nitrogen and oxygen atoms in total. The Morgan fingerprint density at radius 1 is 0.658 bits per heavy atom. The van der Waals surface area contributed by atoms with Crippen molar-refractivity contribution in [2.45, 2.75) is 65.9 Å². The van der Waals surface area contributed by atoms with Crippen LogP contribution in [0, 0.1) is 5.92 Å². The Morgan fingerprint density at radius 3 is 1.47 bits per heavy atom. The van der Waals surface area contributed by atoms with Crippen LogP contribution in [0.25, 0.3) is 0 Å². The minimum Gasteiger partial charge on any atom is -0.463 e. The van der Waals surface area contributed by atoms with Crippen molar-refractivity contribution >= 4 is 12.1 Å². The lowest BCUT2D eigenvalue weighted by molar-refractivity contribution is -0.150. The van der Waals surface area contributed by atoms with Crippen LogP contribution in [-0.2, 0) is 42.7 Å². The number of unbranched alkanes of at least 4 members (excludes halogenated alkanes) is 1. The molecule has 0 fully saturated rings. The fraction of sp³-hybridized carbons (Fsp3) is 0.926. The summed E-state index contributed by atoms with van der Waals surface area (Å²) in [5.74, 6) is -0.127. The standard InChI is InChI=1S/C27H53NO10/c1-6-8-9-24(7-2)25(29)37-23-22-36-21-20-35-19-18-34-17-16-33-15-14-32-13-12-31-11-10-28-26(30)38-27(3,4)5/h24H,6-23H2,1-5H3,(H,28,30). The summed E-state index contributed by atoms with van der Waals surface area (Å²) < 4.78 is 42.9. The van der Waals surface area contributed by atoms with E-state index < -0.39 is 11.7 Å². The van der Waals surface area contributed by atoms with Gasteiger partial charge >= 0.3 is 12.1 Å². The Hall–Kier alpha value is -1.50. The number of hydrogen-bond acceptors (Lipinski definition) is 10. The van der Waals surface area contributed by atoms with Crippen LogP contribution in [0.1, 0.15) is 60.3 Å². The number of hydrogen-bond donors (Lipinski definition) is 1. The van der Waals surface area contributed by atoms with E-state index in [0.29, 0.717) is 85.8 Å². The van der Waals surface area contributed by atoms with E-state index in [1.54, 1.807) is 0 Å². The zero-order chi connectivity index (χ0) is 28.3. The molecule has 1 amide bonds. The first-order valence-electron chi connectivity index (χ1n) is 13.9. The smallest absolute Gasteiger partial charge is 0.407 e. The lowest BCUT2D eigenvalue weighted by atomic mass is 10.00. The molecule has 0 rings (SSSR count). The van der Waals surface area contributed by atoms with Crippen molar-refractivity contribution in [2.75, 3.05) is 92.4 Å². The maximum atomic E-state index is 12.0. The normalized spacial score (nSPS) is 12.3. The molecule has 0 bridgehead atoms. The number of carbonyl (C=O) groups is 2. The van der Waals surface area contributed by atoms with Crippen LogP contribution in [0.15, 0.2) is 0 Å². The Balaban J connectivity index is 3.25. The molecule has 38 heavy (non-hydrogen) atoms. The molecule has 0 aliphatic carbocycles. The van der Waals surface area contributed by atoms with Gasteiger partial charge < -0.3 is 43.2 Å². The number of nitrogens with one attached hydrogen (secondary N) is 1. The molecule has 0 spiro atoms. The van der Waals surface area contributed by atoms with Crippen molar-refractivity contribution in [2.24, 2.45) is 5.92 Å². The van der Waals surface area contributed by atoms with E-state index in [0.717, 1.165) is 25.7 Å². The highest BCUT2D eigenvalue weighted by Crippen LogP contribution is 2.14. The van der Waals surface area contributed by atoms with Gasteiger partial charge in [-0.1, -0.05) is 26.7 Å². The summed E-state index contributed by atoms with van der Waals surface area (Å²) in [5, 5.41) is 2.62. The highest BCUT2D eigenvalue weighted by molar-refractivity contribution is 5.72. The first kappa shape index (κ1) is 36.5. The molecule has 0 radical (unpaired) electrons. The third-order valence-electron chi connectivity index (χ3n) is 4.98. The summed E-state index contributed by atoms with van der Waals surface area (Å²) in [7, 11) is 0. The van der Waals surface area contributed by atoms with Crippen molar-refractivity contribution in [3.63, 3.8) is 0 Å². The lowest BCUT2D eigenvalue weighted by Crippen LogP contribution is -2.34. The summed E-state index contributed by atoms with van der Waals surface area (Å²) in [6.45, 7) is 15.7. The fourth-order valence-corrected chi connectivity index (χ4v) is 3.00. The summed E-state index contributed by atoms with van der Waals surface area (Å²) in [6, 6.07) is 0. The van der Waals surface area contributed by atoms with E-state index in [9.17, 15) is 9.59 Å². The number of alkyl carbamates (subject to hydrolysis) is 1. The molecular formula is C27H53NO10. The second kappa shape index (κ2) is 25.8. The molecule has 0 aliphatic rings. The zero-order valence-corrected chi connectivity index (χ0v) is 24.4. The van der Waals surface area contributed by atoms with Crippen molar-refractivity contribution in [1.29, 1.82) is 0 Å². The Morgan fingerprint density at radius 2 is 1.08 bits per heavy atom. The largest absolute Gasteiger partial charge is 0.463 e. The van der Waals surface area contributed by atoms with Gasteiger partial charge in [0, 0.05) is 6.54 Å². The molecule has 0 saturated heterocycles. The van der Waals surface area contributed by atoms with Crippen molar-refractivity contribution in [1.82, 2.24) is 5.32 Å². The van der Waals surface area contributed by atoms with Crippen molar-refractivity contribution < 1.29 is 47.5 Å². The van der Waals surface area contributed by atoms with Gasteiger partial charge in [0.2, 0.25) is 0 Å². The number of ether oxygens (including phenoxy) is 8. The molecule has 0 saturated carbocycles. The minimum atomic E-state index is -0.509. The van der Waals surface area contributed by atoms with Gasteiger partial charge in [-0.15, -0.1) is 0 Å². The third-order valence-corrected chi connectivity index (χ3v) is 4.98. The van der Waals surface area contributed by atoms with E-state index in [2.05, 4.69) is 12.2 Å². The average molecular weight is 552 g/mol. The molecule has 0 aromatic heterocycles. The lowest BCUT2D eigenvalue weighted by Gasteiger charge is -2.19. The second-order valence-electron chi connectivity index (χ2n) is 9.52. The van der Waals surface area contributed by atoms with Gasteiger partial charge in [-0.2, -0.15) is 0 Å². The molecule has 226 valence electrons. The predicted octanol–water partition coefficient (Wildman–Crippen LogP) is 3.37. The maximum Gasteiger partial charge on any atom is 0.407 e. The van der Waals surface area contributed by atoms with Crippen LogP contribution in [0.2, 0.25) is 0 Å². The highest BCUT2D eigenvalue weighted by atomic mass is 16.6. The SMILES string of the molecule is CCCCC(CC)C(=O)OCCOCCOCCOCCOCCOCCOCCNC(=O)OC(C)(C)C. The molecule has 0 aromatic rings. The minimum absolute atomic E-state index is 0.00391. The molecule has 0 aliphatic heterocycles. The van der Waals surface area contributed by atoms with Crippen molar-refractivity contribution in [3.8, 4) is 0 Å². The predicted molar refractivity (Wildman–Crippen MR) is 143 cm³/mol. The topological polar surface area (TPSA) is 120 Å². The second-order valence-corrected chi connectivity index (χ2v) is 9.52.